The molecule has 0 aliphatic heterocycles. The lowest BCUT2D eigenvalue weighted by atomic mass is 9.93. The van der Waals surface area contributed by atoms with Gasteiger partial charge in [-0.1, -0.05) is 39.3 Å². The van der Waals surface area contributed by atoms with Gasteiger partial charge in [0.25, 0.3) is 0 Å². The molecule has 0 aliphatic rings. The van der Waals surface area contributed by atoms with Crippen molar-refractivity contribution in [2.75, 3.05) is 0 Å². The maximum absolute atomic E-state index is 13.0. The Hall–Kier alpha value is -1.95. The number of alkyl carbamates (subject to hydrolysis) is 1. The Morgan fingerprint density at radius 1 is 1.03 bits per heavy atom. The Balaban J connectivity index is 2.97. The predicted octanol–water partition coefficient (Wildman–Crippen LogP) is 6.39. The number of hydrogen-bond acceptors (Lipinski definition) is 5. The third kappa shape index (κ3) is 10.1. The van der Waals surface area contributed by atoms with Crippen molar-refractivity contribution in [3.05, 3.63) is 29.3 Å². The van der Waals surface area contributed by atoms with Crippen LogP contribution in [0.2, 0.25) is 5.02 Å². The monoisotopic (exact) mass is 469 g/mol. The van der Waals surface area contributed by atoms with E-state index in [9.17, 15) is 9.59 Å². The van der Waals surface area contributed by atoms with E-state index < -0.39 is 29.8 Å². The number of hydrogen-bond donors (Lipinski definition) is 1. The first-order valence-corrected chi connectivity index (χ1v) is 11.9. The van der Waals surface area contributed by atoms with Crippen LogP contribution in [-0.2, 0) is 14.3 Å². The fraction of sp³-hybridized carbons (Fsp3) is 0.680. The van der Waals surface area contributed by atoms with E-state index in [1.807, 2.05) is 20.8 Å². The molecule has 1 amide bonds. The number of carbonyl (C=O) groups is 2. The van der Waals surface area contributed by atoms with E-state index >= 15 is 0 Å². The molecule has 1 rings (SSSR count). The highest BCUT2D eigenvalue weighted by atomic mass is 35.5. The van der Waals surface area contributed by atoms with Gasteiger partial charge >= 0.3 is 12.1 Å². The topological polar surface area (TPSA) is 73.9 Å². The van der Waals surface area contributed by atoms with Crippen LogP contribution in [-0.4, -0.2) is 35.9 Å². The number of rotatable bonds is 11. The second-order valence-corrected chi connectivity index (χ2v) is 10.0. The molecule has 0 bridgehead atoms. The number of nitrogens with one attached hydrogen (secondary N) is 1. The van der Waals surface area contributed by atoms with Crippen molar-refractivity contribution in [3.63, 3.8) is 0 Å². The summed E-state index contributed by atoms with van der Waals surface area (Å²) in [6.07, 6.45) is 0.708. The summed E-state index contributed by atoms with van der Waals surface area (Å²) in [6.45, 7) is 15.3. The molecular weight excluding hydrogens is 430 g/mol. The third-order valence-electron chi connectivity index (χ3n) is 5.05. The molecule has 0 aliphatic carbocycles. The van der Waals surface area contributed by atoms with Crippen LogP contribution in [0.3, 0.4) is 0 Å². The van der Waals surface area contributed by atoms with E-state index in [-0.39, 0.29) is 17.9 Å². The first-order valence-electron chi connectivity index (χ1n) is 11.5. The summed E-state index contributed by atoms with van der Waals surface area (Å²) in [7, 11) is 0. The summed E-state index contributed by atoms with van der Waals surface area (Å²) in [5, 5.41) is 3.30. The van der Waals surface area contributed by atoms with E-state index in [0.717, 1.165) is 12.8 Å². The number of amides is 1. The number of ether oxygens (including phenoxy) is 3. The lowest BCUT2D eigenvalue weighted by Crippen LogP contribution is -2.47. The first-order chi connectivity index (χ1) is 14.9. The number of halogens is 1. The van der Waals surface area contributed by atoms with Gasteiger partial charge in [-0.2, -0.15) is 0 Å². The van der Waals surface area contributed by atoms with Gasteiger partial charge in [-0.05, 0) is 83.1 Å². The molecule has 1 aromatic rings. The van der Waals surface area contributed by atoms with Crippen LogP contribution in [0, 0.1) is 11.8 Å². The molecule has 0 spiro atoms. The van der Waals surface area contributed by atoms with Crippen molar-refractivity contribution in [2.24, 2.45) is 11.8 Å². The maximum atomic E-state index is 13.0. The van der Waals surface area contributed by atoms with E-state index in [1.165, 1.54) is 0 Å². The van der Waals surface area contributed by atoms with Gasteiger partial charge in [0.1, 0.15) is 29.6 Å². The molecule has 0 aromatic heterocycles. The lowest BCUT2D eigenvalue weighted by Gasteiger charge is -2.32. The van der Waals surface area contributed by atoms with Crippen LogP contribution in [0.1, 0.15) is 74.7 Å². The highest BCUT2D eigenvalue weighted by molar-refractivity contribution is 6.30. The van der Waals surface area contributed by atoms with Crippen molar-refractivity contribution < 1.29 is 23.8 Å². The second kappa shape index (κ2) is 12.9. The lowest BCUT2D eigenvalue weighted by molar-refractivity contribution is -0.157. The summed E-state index contributed by atoms with van der Waals surface area (Å²) in [5.41, 5.74) is -0.656. The molecule has 1 N–H and O–H groups in total. The van der Waals surface area contributed by atoms with E-state index in [0.29, 0.717) is 17.2 Å². The van der Waals surface area contributed by atoms with Crippen LogP contribution in [0.15, 0.2) is 24.3 Å². The highest BCUT2D eigenvalue weighted by Crippen LogP contribution is 2.26. The van der Waals surface area contributed by atoms with Gasteiger partial charge in [-0.25, -0.2) is 9.59 Å². The zero-order valence-corrected chi connectivity index (χ0v) is 21.5. The average molecular weight is 470 g/mol. The van der Waals surface area contributed by atoms with Gasteiger partial charge in [0, 0.05) is 5.02 Å². The molecule has 0 heterocycles. The molecule has 0 saturated heterocycles. The molecule has 0 fully saturated rings. The molecule has 1 aromatic carbocycles. The summed E-state index contributed by atoms with van der Waals surface area (Å²) in [6, 6.07) is 6.34. The Labute approximate surface area is 198 Å². The average Bonchev–Trinajstić information content (AvgIpc) is 2.67. The number of esters is 1. The van der Waals surface area contributed by atoms with E-state index in [1.54, 1.807) is 45.0 Å². The van der Waals surface area contributed by atoms with Crippen LogP contribution >= 0.6 is 11.6 Å². The summed E-state index contributed by atoms with van der Waals surface area (Å²) in [5.74, 6) is 0.543. The molecule has 3 atom stereocenters. The van der Waals surface area contributed by atoms with Crippen LogP contribution in [0.5, 0.6) is 5.75 Å². The minimum absolute atomic E-state index is 0.179. The summed E-state index contributed by atoms with van der Waals surface area (Å²) in [4.78, 5) is 25.3. The number of carbonyl (C=O) groups excluding carboxylic acids is 2. The summed E-state index contributed by atoms with van der Waals surface area (Å²) >= 11 is 5.98. The van der Waals surface area contributed by atoms with Crippen molar-refractivity contribution in [1.29, 1.82) is 0 Å². The van der Waals surface area contributed by atoms with Gasteiger partial charge in [0.15, 0.2) is 0 Å². The molecular formula is C25H40ClNO5. The van der Waals surface area contributed by atoms with Crippen molar-refractivity contribution in [1.82, 2.24) is 5.32 Å². The zero-order chi connectivity index (χ0) is 24.5. The Bertz CT molecular complexity index is 710. The standard InChI is InChI=1S/C25H40ClNO5/c1-9-18(10-2)22(31-20-13-11-19(26)12-14-20)17(5)30-23(28)21(15-16(3)4)27-24(29)32-25(6,7)8/h11-14,16-18,21-22H,9-10,15H2,1-8H3,(H,27,29)/t17-,21-,22+/m0/s1. The highest BCUT2D eigenvalue weighted by Gasteiger charge is 2.33. The van der Waals surface area contributed by atoms with Crippen LogP contribution in [0.25, 0.3) is 0 Å². The fourth-order valence-corrected chi connectivity index (χ4v) is 3.59. The van der Waals surface area contributed by atoms with Crippen molar-refractivity contribution in [2.45, 2.75) is 98.5 Å². The van der Waals surface area contributed by atoms with Gasteiger partial charge in [-0.15, -0.1) is 0 Å². The van der Waals surface area contributed by atoms with E-state index in [2.05, 4.69) is 19.2 Å². The molecule has 0 radical (unpaired) electrons. The molecule has 32 heavy (non-hydrogen) atoms. The number of benzene rings is 1. The van der Waals surface area contributed by atoms with Crippen molar-refractivity contribution in [3.8, 4) is 5.75 Å². The third-order valence-corrected chi connectivity index (χ3v) is 5.30. The van der Waals surface area contributed by atoms with E-state index in [4.69, 9.17) is 25.8 Å². The smallest absolute Gasteiger partial charge is 0.408 e. The van der Waals surface area contributed by atoms with Gasteiger partial charge in [0.05, 0.1) is 0 Å². The van der Waals surface area contributed by atoms with Crippen LogP contribution in [0.4, 0.5) is 4.79 Å². The maximum Gasteiger partial charge on any atom is 0.408 e. The fourth-order valence-electron chi connectivity index (χ4n) is 3.47. The molecule has 0 saturated carbocycles. The second-order valence-electron chi connectivity index (χ2n) is 9.58. The van der Waals surface area contributed by atoms with Gasteiger partial charge in [-0.3, -0.25) is 0 Å². The normalized spacial score (nSPS) is 14.6. The minimum atomic E-state index is -0.801. The van der Waals surface area contributed by atoms with Crippen molar-refractivity contribution >= 4 is 23.7 Å². The summed E-state index contributed by atoms with van der Waals surface area (Å²) < 4.78 is 17.4. The Morgan fingerprint density at radius 3 is 2.06 bits per heavy atom. The largest absolute Gasteiger partial charge is 0.486 e. The minimum Gasteiger partial charge on any atom is -0.486 e. The Kier molecular flexibility index (Phi) is 11.3. The Morgan fingerprint density at radius 2 is 1.59 bits per heavy atom. The zero-order valence-electron chi connectivity index (χ0n) is 20.7. The SMILES string of the molecule is CCC(CC)[C@H](Oc1ccc(Cl)cc1)[C@H](C)OC(=O)[C@H](CC(C)C)NC(=O)OC(C)(C)C. The van der Waals surface area contributed by atoms with Gasteiger partial charge in [0.2, 0.25) is 0 Å². The quantitative estimate of drug-likeness (QED) is 0.380. The van der Waals surface area contributed by atoms with Crippen LogP contribution < -0.4 is 10.1 Å². The van der Waals surface area contributed by atoms with Gasteiger partial charge < -0.3 is 19.5 Å². The predicted molar refractivity (Wildman–Crippen MR) is 128 cm³/mol. The molecule has 7 heteroatoms. The molecule has 6 nitrogen and oxygen atoms in total. The molecule has 182 valence electrons. The molecule has 0 unspecified atom stereocenters. The first kappa shape index (κ1) is 28.1.